The molecule has 0 unspecified atom stereocenters. The first-order chi connectivity index (χ1) is 10.7. The van der Waals surface area contributed by atoms with Crippen molar-refractivity contribution >= 4 is 22.4 Å². The van der Waals surface area contributed by atoms with Crippen LogP contribution in [0.15, 0.2) is 35.8 Å². The van der Waals surface area contributed by atoms with Gasteiger partial charge in [-0.2, -0.15) is 5.10 Å². The lowest BCUT2D eigenvalue weighted by molar-refractivity contribution is -0.114. The van der Waals surface area contributed by atoms with E-state index in [4.69, 9.17) is 5.73 Å². The van der Waals surface area contributed by atoms with Crippen LogP contribution in [0.1, 0.15) is 0 Å². The molecule has 3 heterocycles. The Hall–Kier alpha value is -2.58. The summed E-state index contributed by atoms with van der Waals surface area (Å²) < 4.78 is 1.73. The van der Waals surface area contributed by atoms with Gasteiger partial charge in [0.15, 0.2) is 5.13 Å². The highest BCUT2D eigenvalue weighted by Gasteiger charge is 2.10. The van der Waals surface area contributed by atoms with E-state index in [1.165, 1.54) is 11.3 Å². The highest BCUT2D eigenvalue weighted by molar-refractivity contribution is 7.14. The fraction of sp³-hybridized carbons (Fsp3) is 0.143. The van der Waals surface area contributed by atoms with Gasteiger partial charge in [0.2, 0.25) is 5.91 Å². The molecule has 0 aliphatic heterocycles. The van der Waals surface area contributed by atoms with E-state index in [9.17, 15) is 4.79 Å². The lowest BCUT2D eigenvalue weighted by Crippen LogP contribution is -2.21. The van der Waals surface area contributed by atoms with E-state index in [1.54, 1.807) is 4.68 Å². The number of anilines is 1. The number of carbonyl (C=O) groups excluding carboxylic acids is 1. The molecule has 3 aromatic heterocycles. The molecule has 22 heavy (non-hydrogen) atoms. The molecule has 1 amide bonds. The molecule has 0 saturated carbocycles. The van der Waals surface area contributed by atoms with Crippen molar-refractivity contribution in [3.05, 3.63) is 35.8 Å². The van der Waals surface area contributed by atoms with E-state index >= 15 is 0 Å². The molecule has 0 bridgehead atoms. The number of hydrogen-bond donors (Lipinski definition) is 2. The summed E-state index contributed by atoms with van der Waals surface area (Å²) in [4.78, 5) is 20.2. The summed E-state index contributed by atoms with van der Waals surface area (Å²) in [5.74, 6) is -0.268. The molecule has 0 atom stereocenters. The van der Waals surface area contributed by atoms with Crippen molar-refractivity contribution in [1.82, 2.24) is 19.7 Å². The van der Waals surface area contributed by atoms with Gasteiger partial charge in [-0.05, 0) is 18.2 Å². The number of aromatic nitrogens is 4. The molecule has 0 radical (unpaired) electrons. The first kappa shape index (κ1) is 14.4. The molecule has 0 fully saturated rings. The van der Waals surface area contributed by atoms with Crippen molar-refractivity contribution < 1.29 is 4.79 Å². The van der Waals surface area contributed by atoms with Gasteiger partial charge >= 0.3 is 0 Å². The molecule has 3 aromatic rings. The van der Waals surface area contributed by atoms with Gasteiger partial charge in [0.05, 0.1) is 17.9 Å². The smallest absolute Gasteiger partial charge is 0.239 e. The molecule has 0 aromatic carbocycles. The van der Waals surface area contributed by atoms with E-state index in [-0.39, 0.29) is 12.5 Å². The number of thiazole rings is 1. The monoisotopic (exact) mass is 314 g/mol. The third-order valence-electron chi connectivity index (χ3n) is 2.92. The molecule has 3 N–H and O–H groups in total. The Kier molecular flexibility index (Phi) is 3.94. The van der Waals surface area contributed by atoms with Crippen molar-refractivity contribution in [2.75, 3.05) is 11.9 Å². The maximum atomic E-state index is 11.3. The normalized spacial score (nSPS) is 10.6. The van der Waals surface area contributed by atoms with Gasteiger partial charge in [0.25, 0.3) is 0 Å². The summed E-state index contributed by atoms with van der Waals surface area (Å²) >= 11 is 1.34. The standard InChI is InChI=1S/C14H14N6OS/c1-20-6-5-11(19-20)9-3-2-4-10(16-9)12-8-22-14(17-12)18-13(21)7-15/h2-6,8H,7,15H2,1H3,(H,17,18,21). The number of rotatable bonds is 4. The van der Waals surface area contributed by atoms with E-state index in [0.717, 1.165) is 17.1 Å². The zero-order valence-corrected chi connectivity index (χ0v) is 12.7. The number of nitrogens with two attached hydrogens (primary N) is 1. The van der Waals surface area contributed by atoms with Gasteiger partial charge in [-0.3, -0.25) is 9.48 Å². The highest BCUT2D eigenvalue weighted by atomic mass is 32.1. The van der Waals surface area contributed by atoms with Crippen molar-refractivity contribution in [3.63, 3.8) is 0 Å². The average Bonchev–Trinajstić information content (AvgIpc) is 3.16. The Morgan fingerprint density at radius 2 is 2.00 bits per heavy atom. The number of nitrogens with zero attached hydrogens (tertiary/aromatic N) is 4. The maximum Gasteiger partial charge on any atom is 0.239 e. The maximum absolute atomic E-state index is 11.3. The molecule has 0 spiro atoms. The predicted molar refractivity (Wildman–Crippen MR) is 85.2 cm³/mol. The number of nitrogens with one attached hydrogen (secondary N) is 1. The van der Waals surface area contributed by atoms with Gasteiger partial charge in [-0.1, -0.05) is 6.07 Å². The van der Waals surface area contributed by atoms with E-state index in [1.807, 2.05) is 42.9 Å². The van der Waals surface area contributed by atoms with Crippen molar-refractivity contribution in [3.8, 4) is 22.8 Å². The van der Waals surface area contributed by atoms with Crippen LogP contribution >= 0.6 is 11.3 Å². The summed E-state index contributed by atoms with van der Waals surface area (Å²) in [5.41, 5.74) is 8.28. The van der Waals surface area contributed by atoms with Gasteiger partial charge in [0, 0.05) is 18.6 Å². The van der Waals surface area contributed by atoms with Crippen LogP contribution in [-0.2, 0) is 11.8 Å². The van der Waals surface area contributed by atoms with E-state index in [2.05, 4.69) is 20.4 Å². The Bertz CT molecular complexity index is 809. The lowest BCUT2D eigenvalue weighted by Gasteiger charge is -2.00. The van der Waals surface area contributed by atoms with Crippen LogP contribution in [0.25, 0.3) is 22.8 Å². The molecule has 112 valence electrons. The highest BCUT2D eigenvalue weighted by Crippen LogP contribution is 2.25. The lowest BCUT2D eigenvalue weighted by atomic mass is 10.2. The summed E-state index contributed by atoms with van der Waals surface area (Å²) in [6.07, 6.45) is 1.87. The van der Waals surface area contributed by atoms with Crippen LogP contribution in [-0.4, -0.2) is 32.2 Å². The number of aryl methyl sites for hydroxylation is 1. The zero-order chi connectivity index (χ0) is 15.5. The van der Waals surface area contributed by atoms with Gasteiger partial charge in [-0.25, -0.2) is 9.97 Å². The molecule has 0 saturated heterocycles. The SMILES string of the molecule is Cn1ccc(-c2cccc(-c3csc(NC(=O)CN)n3)n2)n1. The molecular formula is C14H14N6OS. The minimum Gasteiger partial charge on any atom is -0.322 e. The Balaban J connectivity index is 1.88. The first-order valence-corrected chi connectivity index (χ1v) is 7.46. The van der Waals surface area contributed by atoms with Crippen LogP contribution in [0.3, 0.4) is 0 Å². The van der Waals surface area contributed by atoms with Crippen LogP contribution in [0.4, 0.5) is 5.13 Å². The van der Waals surface area contributed by atoms with Crippen molar-refractivity contribution in [2.45, 2.75) is 0 Å². The summed E-state index contributed by atoms with van der Waals surface area (Å²) in [6.45, 7) is -0.0671. The first-order valence-electron chi connectivity index (χ1n) is 6.58. The fourth-order valence-corrected chi connectivity index (χ4v) is 2.61. The summed E-state index contributed by atoms with van der Waals surface area (Å²) in [6, 6.07) is 7.58. The second kappa shape index (κ2) is 6.04. The molecule has 0 aliphatic carbocycles. The second-order valence-electron chi connectivity index (χ2n) is 4.57. The third-order valence-corrected chi connectivity index (χ3v) is 3.68. The van der Waals surface area contributed by atoms with E-state index in [0.29, 0.717) is 10.8 Å². The number of hydrogen-bond acceptors (Lipinski definition) is 6. The second-order valence-corrected chi connectivity index (χ2v) is 5.43. The minimum atomic E-state index is -0.268. The van der Waals surface area contributed by atoms with Crippen molar-refractivity contribution in [1.29, 1.82) is 0 Å². The molecule has 3 rings (SSSR count). The number of pyridine rings is 1. The average molecular weight is 314 g/mol. The largest absolute Gasteiger partial charge is 0.322 e. The topological polar surface area (TPSA) is 98.7 Å². The minimum absolute atomic E-state index is 0.0671. The molecule has 0 aliphatic rings. The molecule has 8 heteroatoms. The number of amides is 1. The number of carbonyl (C=O) groups is 1. The Labute approximate surface area is 130 Å². The zero-order valence-electron chi connectivity index (χ0n) is 11.9. The summed E-state index contributed by atoms with van der Waals surface area (Å²) in [7, 11) is 1.86. The van der Waals surface area contributed by atoms with Gasteiger partial charge < -0.3 is 11.1 Å². The predicted octanol–water partition coefficient (Wildman–Crippen LogP) is 1.50. The molecular weight excluding hydrogens is 300 g/mol. The third kappa shape index (κ3) is 3.02. The summed E-state index contributed by atoms with van der Waals surface area (Å²) in [5, 5.41) is 9.32. The van der Waals surface area contributed by atoms with Crippen LogP contribution < -0.4 is 11.1 Å². The van der Waals surface area contributed by atoms with Crippen LogP contribution in [0.2, 0.25) is 0 Å². The molecule has 7 nitrogen and oxygen atoms in total. The van der Waals surface area contributed by atoms with Gasteiger partial charge in [-0.15, -0.1) is 11.3 Å². The van der Waals surface area contributed by atoms with Crippen LogP contribution in [0.5, 0.6) is 0 Å². The fourth-order valence-electron chi connectivity index (χ4n) is 1.89. The van der Waals surface area contributed by atoms with Crippen LogP contribution in [0, 0.1) is 0 Å². The Morgan fingerprint density at radius 3 is 2.68 bits per heavy atom. The Morgan fingerprint density at radius 1 is 1.23 bits per heavy atom. The van der Waals surface area contributed by atoms with E-state index < -0.39 is 0 Å². The van der Waals surface area contributed by atoms with Crippen molar-refractivity contribution in [2.24, 2.45) is 12.8 Å². The quantitative estimate of drug-likeness (QED) is 0.760. The van der Waals surface area contributed by atoms with Gasteiger partial charge in [0.1, 0.15) is 11.4 Å².